The van der Waals surface area contributed by atoms with Crippen LogP contribution in [0.1, 0.15) is 45.4 Å². The van der Waals surface area contributed by atoms with Gasteiger partial charge in [-0.15, -0.1) is 0 Å². The van der Waals surface area contributed by atoms with Gasteiger partial charge in [0.15, 0.2) is 0 Å². The van der Waals surface area contributed by atoms with Crippen LogP contribution in [0, 0.1) is 0 Å². The highest BCUT2D eigenvalue weighted by Crippen LogP contribution is 2.39. The molecular formula is C15H24N4O. The van der Waals surface area contributed by atoms with Crippen molar-refractivity contribution in [3.05, 3.63) is 18.2 Å². The molecule has 1 amide bonds. The maximum atomic E-state index is 13.0. The highest BCUT2D eigenvalue weighted by Gasteiger charge is 2.51. The number of hydrogen-bond donors (Lipinski definition) is 1. The summed E-state index contributed by atoms with van der Waals surface area (Å²) in [5.74, 6) is 1.29. The summed E-state index contributed by atoms with van der Waals surface area (Å²) in [4.78, 5) is 24.9. The zero-order chi connectivity index (χ0) is 14.2. The van der Waals surface area contributed by atoms with Gasteiger partial charge in [-0.05, 0) is 46.1 Å². The van der Waals surface area contributed by atoms with E-state index in [1.807, 2.05) is 6.20 Å². The summed E-state index contributed by atoms with van der Waals surface area (Å²) in [6.45, 7) is 6.89. The van der Waals surface area contributed by atoms with Gasteiger partial charge in [0.05, 0.1) is 6.54 Å². The zero-order valence-corrected chi connectivity index (χ0v) is 12.4. The maximum Gasteiger partial charge on any atom is 0.243 e. The molecule has 1 aromatic rings. The predicted octanol–water partition coefficient (Wildman–Crippen LogP) is 1.78. The molecule has 3 heterocycles. The van der Waals surface area contributed by atoms with E-state index in [2.05, 4.69) is 33.6 Å². The Morgan fingerprint density at radius 3 is 2.75 bits per heavy atom. The fraction of sp³-hybridized carbons (Fsp3) is 0.733. The van der Waals surface area contributed by atoms with Crippen molar-refractivity contribution in [2.24, 2.45) is 0 Å². The molecular weight excluding hydrogens is 252 g/mol. The van der Waals surface area contributed by atoms with Crippen molar-refractivity contribution in [2.45, 2.75) is 57.7 Å². The fourth-order valence-corrected chi connectivity index (χ4v) is 3.77. The number of imidazole rings is 1. The molecule has 1 spiro atoms. The third-order valence-corrected chi connectivity index (χ3v) is 4.79. The molecule has 5 nitrogen and oxygen atoms in total. The average Bonchev–Trinajstić information content (AvgIpc) is 3.05. The number of aromatic nitrogens is 2. The van der Waals surface area contributed by atoms with Crippen molar-refractivity contribution in [3.63, 3.8) is 0 Å². The number of carbonyl (C=O) groups excluding carboxylic acids is 1. The Morgan fingerprint density at radius 1 is 1.35 bits per heavy atom. The summed E-state index contributed by atoms with van der Waals surface area (Å²) in [7, 11) is 0. The van der Waals surface area contributed by atoms with E-state index in [-0.39, 0.29) is 5.54 Å². The normalized spacial score (nSPS) is 27.9. The molecule has 0 aromatic carbocycles. The molecule has 1 N–H and O–H groups in total. The molecule has 0 aliphatic carbocycles. The minimum absolute atomic E-state index is 0.269. The van der Waals surface area contributed by atoms with Crippen LogP contribution in [0.3, 0.4) is 0 Å². The Morgan fingerprint density at radius 2 is 2.10 bits per heavy atom. The van der Waals surface area contributed by atoms with Gasteiger partial charge < -0.3 is 9.88 Å². The van der Waals surface area contributed by atoms with E-state index in [4.69, 9.17) is 0 Å². The van der Waals surface area contributed by atoms with Crippen molar-refractivity contribution in [3.8, 4) is 0 Å². The smallest absolute Gasteiger partial charge is 0.243 e. The Bertz CT molecular complexity index is 470. The van der Waals surface area contributed by atoms with Gasteiger partial charge in [0.1, 0.15) is 11.4 Å². The van der Waals surface area contributed by atoms with Crippen LogP contribution in [0.15, 0.2) is 12.4 Å². The molecule has 2 fully saturated rings. The number of nitrogens with one attached hydrogen (secondary N) is 1. The van der Waals surface area contributed by atoms with Gasteiger partial charge in [0, 0.05) is 25.0 Å². The Kier molecular flexibility index (Phi) is 3.54. The number of H-pyrrole nitrogens is 1. The van der Waals surface area contributed by atoms with Crippen LogP contribution in [0.2, 0.25) is 0 Å². The predicted molar refractivity (Wildman–Crippen MR) is 77.0 cm³/mol. The molecule has 5 heteroatoms. The maximum absolute atomic E-state index is 13.0. The molecule has 0 saturated carbocycles. The molecule has 2 aliphatic heterocycles. The largest absolute Gasteiger partial charge is 0.348 e. The van der Waals surface area contributed by atoms with Gasteiger partial charge in [0.2, 0.25) is 5.91 Å². The number of aromatic amines is 1. The monoisotopic (exact) mass is 276 g/mol. The summed E-state index contributed by atoms with van der Waals surface area (Å²) in [5.41, 5.74) is -0.269. The molecule has 1 atom stereocenters. The van der Waals surface area contributed by atoms with Gasteiger partial charge in [-0.25, -0.2) is 4.98 Å². The standard InChI is InChI=1S/C15H24N4O/c1-12(2)19-10-4-6-15(14(19)20)5-3-9-18(15)11-13-16-7-8-17-13/h7-8,12H,3-6,9-11H2,1-2H3,(H,16,17). The number of carbonyl (C=O) groups is 1. The topological polar surface area (TPSA) is 52.2 Å². The number of hydrogen-bond acceptors (Lipinski definition) is 3. The van der Waals surface area contributed by atoms with Crippen LogP contribution in [0.25, 0.3) is 0 Å². The van der Waals surface area contributed by atoms with Crippen LogP contribution < -0.4 is 0 Å². The summed E-state index contributed by atoms with van der Waals surface area (Å²) in [6.07, 6.45) is 7.84. The van der Waals surface area contributed by atoms with Crippen molar-refractivity contribution in [1.29, 1.82) is 0 Å². The number of rotatable bonds is 3. The first-order valence-electron chi connectivity index (χ1n) is 7.68. The van der Waals surface area contributed by atoms with E-state index >= 15 is 0 Å². The van der Waals surface area contributed by atoms with Crippen LogP contribution >= 0.6 is 0 Å². The van der Waals surface area contributed by atoms with E-state index < -0.39 is 0 Å². The average molecular weight is 276 g/mol. The van der Waals surface area contributed by atoms with Crippen LogP contribution in [0.4, 0.5) is 0 Å². The second-order valence-electron chi connectivity index (χ2n) is 6.29. The highest BCUT2D eigenvalue weighted by atomic mass is 16.2. The van der Waals surface area contributed by atoms with E-state index in [0.29, 0.717) is 11.9 Å². The van der Waals surface area contributed by atoms with Crippen molar-refractivity contribution in [2.75, 3.05) is 13.1 Å². The number of piperidine rings is 1. The molecule has 1 unspecified atom stereocenters. The zero-order valence-electron chi connectivity index (χ0n) is 12.4. The quantitative estimate of drug-likeness (QED) is 0.915. The van der Waals surface area contributed by atoms with Crippen LogP contribution in [-0.4, -0.2) is 50.3 Å². The SMILES string of the molecule is CC(C)N1CCCC2(CCCN2Cc2ncc[nH]2)C1=O. The molecule has 0 bridgehead atoms. The first-order valence-corrected chi connectivity index (χ1v) is 7.68. The fourth-order valence-electron chi connectivity index (χ4n) is 3.77. The van der Waals surface area contributed by atoms with Gasteiger partial charge in [-0.2, -0.15) is 0 Å². The van der Waals surface area contributed by atoms with E-state index in [0.717, 1.165) is 51.1 Å². The van der Waals surface area contributed by atoms with Gasteiger partial charge in [0.25, 0.3) is 0 Å². The summed E-state index contributed by atoms with van der Waals surface area (Å²) in [5, 5.41) is 0. The van der Waals surface area contributed by atoms with Crippen molar-refractivity contribution < 1.29 is 4.79 Å². The molecule has 0 radical (unpaired) electrons. The lowest BCUT2D eigenvalue weighted by atomic mass is 9.84. The van der Waals surface area contributed by atoms with Gasteiger partial charge in [-0.1, -0.05) is 0 Å². The number of amides is 1. The summed E-state index contributed by atoms with van der Waals surface area (Å²) < 4.78 is 0. The van der Waals surface area contributed by atoms with Crippen molar-refractivity contribution >= 4 is 5.91 Å². The Labute approximate surface area is 120 Å². The molecule has 2 saturated heterocycles. The van der Waals surface area contributed by atoms with E-state index in [1.165, 1.54) is 0 Å². The molecule has 3 rings (SSSR count). The third kappa shape index (κ3) is 2.14. The van der Waals surface area contributed by atoms with Gasteiger partial charge >= 0.3 is 0 Å². The van der Waals surface area contributed by atoms with Crippen LogP contribution in [0.5, 0.6) is 0 Å². The van der Waals surface area contributed by atoms with Crippen LogP contribution in [-0.2, 0) is 11.3 Å². The van der Waals surface area contributed by atoms with Gasteiger partial charge in [-0.3, -0.25) is 9.69 Å². The number of nitrogens with zero attached hydrogens (tertiary/aromatic N) is 3. The lowest BCUT2D eigenvalue weighted by Crippen LogP contribution is -2.61. The second kappa shape index (κ2) is 5.20. The van der Waals surface area contributed by atoms with E-state index in [1.54, 1.807) is 6.20 Å². The lowest BCUT2D eigenvalue weighted by molar-refractivity contribution is -0.149. The molecule has 1 aromatic heterocycles. The first kappa shape index (κ1) is 13.6. The minimum Gasteiger partial charge on any atom is -0.348 e. The molecule has 20 heavy (non-hydrogen) atoms. The second-order valence-corrected chi connectivity index (χ2v) is 6.29. The Balaban J connectivity index is 1.83. The molecule has 110 valence electrons. The van der Waals surface area contributed by atoms with Crippen molar-refractivity contribution in [1.82, 2.24) is 19.8 Å². The lowest BCUT2D eigenvalue weighted by Gasteiger charge is -2.45. The summed E-state index contributed by atoms with van der Waals surface area (Å²) in [6, 6.07) is 0.297. The molecule has 2 aliphatic rings. The number of likely N-dealkylation sites (tertiary alicyclic amines) is 2. The third-order valence-electron chi connectivity index (χ3n) is 4.79. The highest BCUT2D eigenvalue weighted by molar-refractivity contribution is 5.87. The minimum atomic E-state index is -0.269. The Hall–Kier alpha value is -1.36. The first-order chi connectivity index (χ1) is 9.63. The van der Waals surface area contributed by atoms with E-state index in [9.17, 15) is 4.79 Å². The summed E-state index contributed by atoms with van der Waals surface area (Å²) >= 11 is 0.